The molecule has 3 unspecified atom stereocenters. The van der Waals surface area contributed by atoms with Crippen molar-refractivity contribution in [2.75, 3.05) is 6.54 Å². The Morgan fingerprint density at radius 3 is 2.03 bits per heavy atom. The van der Waals surface area contributed by atoms with Crippen molar-refractivity contribution in [1.29, 1.82) is 0 Å². The van der Waals surface area contributed by atoms with E-state index in [9.17, 15) is 18.0 Å². The maximum atomic E-state index is 13.1. The van der Waals surface area contributed by atoms with Crippen LogP contribution < -0.4 is 4.72 Å². The molecule has 0 radical (unpaired) electrons. The van der Waals surface area contributed by atoms with Gasteiger partial charge in [0.05, 0.1) is 17.3 Å². The molecule has 4 aliphatic rings. The average Bonchev–Trinajstić information content (AvgIpc) is 3.56. The molecule has 33 heavy (non-hydrogen) atoms. The van der Waals surface area contributed by atoms with Gasteiger partial charge in [-0.25, -0.2) is 13.1 Å². The van der Waals surface area contributed by atoms with Crippen LogP contribution >= 0.6 is 0 Å². The van der Waals surface area contributed by atoms with Crippen molar-refractivity contribution in [2.24, 2.45) is 17.8 Å². The van der Waals surface area contributed by atoms with Crippen molar-refractivity contribution in [3.63, 3.8) is 0 Å². The number of nitrogens with zero attached hydrogens (tertiary/aromatic N) is 2. The van der Waals surface area contributed by atoms with Crippen LogP contribution in [0.2, 0.25) is 0 Å². The molecule has 7 nitrogen and oxygen atoms in total. The second-order valence-corrected chi connectivity index (χ2v) is 14.1. The number of amides is 2. The lowest BCUT2D eigenvalue weighted by Gasteiger charge is -2.55. The summed E-state index contributed by atoms with van der Waals surface area (Å²) in [5.41, 5.74) is -0.452. The van der Waals surface area contributed by atoms with Crippen molar-refractivity contribution in [3.8, 4) is 0 Å². The number of rotatable bonds is 4. The summed E-state index contributed by atoms with van der Waals surface area (Å²) < 4.78 is 28.4. The summed E-state index contributed by atoms with van der Waals surface area (Å²) in [6.07, 6.45) is 8.24. The van der Waals surface area contributed by atoms with Gasteiger partial charge < -0.3 is 9.80 Å². The molecule has 8 heteroatoms. The second-order valence-electron chi connectivity index (χ2n) is 12.2. The summed E-state index contributed by atoms with van der Waals surface area (Å²) in [7, 11) is -3.31. The molecular weight excluding hydrogens is 438 g/mol. The first kappa shape index (κ1) is 25.0. The summed E-state index contributed by atoms with van der Waals surface area (Å²) in [5.74, 6) is 1.62. The first-order valence-corrected chi connectivity index (χ1v) is 14.5. The van der Waals surface area contributed by atoms with Gasteiger partial charge in [0.25, 0.3) is 0 Å². The van der Waals surface area contributed by atoms with Crippen LogP contribution in [0.4, 0.5) is 0 Å². The lowest BCUT2D eigenvalue weighted by Crippen LogP contribution is -2.67. The SMILES string of the molecule is CC(=O)N1C2CCC(C3CCC(S(=O)(=O)NC(C)(C)C)CC3)CC2N(C(=O)C2CC2)C[C@@H]1C. The van der Waals surface area contributed by atoms with E-state index in [4.69, 9.17) is 0 Å². The van der Waals surface area contributed by atoms with Crippen LogP contribution in [0.1, 0.15) is 92.4 Å². The van der Waals surface area contributed by atoms with Crippen LogP contribution in [0.15, 0.2) is 0 Å². The standard InChI is InChI=1S/C25H43N3O4S/c1-16-15-27(24(30)19-6-7-19)23-14-20(10-13-22(23)28(16)17(2)29)18-8-11-21(12-9-18)33(31,32)26-25(3,4)5/h16,18-23,26H,6-15H2,1-5H3/t16-,18?,20?,21?,22?,23?/m0/s1. The van der Waals surface area contributed by atoms with Gasteiger partial charge in [0.1, 0.15) is 0 Å². The fourth-order valence-electron chi connectivity index (χ4n) is 6.83. The highest BCUT2D eigenvalue weighted by Crippen LogP contribution is 2.44. The third-order valence-corrected chi connectivity index (χ3v) is 10.6. The minimum absolute atomic E-state index is 0.0685. The largest absolute Gasteiger partial charge is 0.335 e. The number of carbonyl (C=O) groups excluding carboxylic acids is 2. The lowest BCUT2D eigenvalue weighted by atomic mass is 9.69. The molecular formula is C25H43N3O4S. The van der Waals surface area contributed by atoms with Crippen molar-refractivity contribution >= 4 is 21.8 Å². The van der Waals surface area contributed by atoms with E-state index < -0.39 is 15.6 Å². The molecule has 4 atom stereocenters. The van der Waals surface area contributed by atoms with E-state index in [1.807, 2.05) is 25.7 Å². The van der Waals surface area contributed by atoms with E-state index in [0.717, 1.165) is 44.9 Å². The van der Waals surface area contributed by atoms with E-state index in [1.54, 1.807) is 6.92 Å². The fraction of sp³-hybridized carbons (Fsp3) is 0.920. The van der Waals surface area contributed by atoms with Crippen LogP contribution in [0.3, 0.4) is 0 Å². The fourth-order valence-corrected chi connectivity index (χ4v) is 8.74. The molecule has 4 fully saturated rings. The van der Waals surface area contributed by atoms with Gasteiger partial charge in [0.2, 0.25) is 21.8 Å². The van der Waals surface area contributed by atoms with Gasteiger partial charge in [0, 0.05) is 31.0 Å². The van der Waals surface area contributed by atoms with E-state index >= 15 is 0 Å². The summed E-state index contributed by atoms with van der Waals surface area (Å²) in [5, 5.41) is -0.305. The van der Waals surface area contributed by atoms with Crippen LogP contribution in [0.25, 0.3) is 0 Å². The number of nitrogens with one attached hydrogen (secondary N) is 1. The highest BCUT2D eigenvalue weighted by Gasteiger charge is 2.49. The van der Waals surface area contributed by atoms with E-state index in [-0.39, 0.29) is 35.2 Å². The maximum absolute atomic E-state index is 13.1. The molecule has 188 valence electrons. The number of piperazine rings is 1. The molecule has 1 N–H and O–H groups in total. The zero-order valence-corrected chi connectivity index (χ0v) is 21.9. The third-order valence-electron chi connectivity index (χ3n) is 8.36. The number of hydrogen-bond donors (Lipinski definition) is 1. The average molecular weight is 482 g/mol. The second kappa shape index (κ2) is 9.14. The monoisotopic (exact) mass is 481 g/mol. The normalized spacial score (nSPS) is 35.8. The third kappa shape index (κ3) is 5.42. The smallest absolute Gasteiger partial charge is 0.226 e. The van der Waals surface area contributed by atoms with Crippen LogP contribution in [0, 0.1) is 17.8 Å². The van der Waals surface area contributed by atoms with E-state index in [2.05, 4.69) is 16.5 Å². The molecule has 4 rings (SSSR count). The molecule has 3 saturated carbocycles. The zero-order valence-electron chi connectivity index (χ0n) is 21.0. The summed E-state index contributed by atoms with van der Waals surface area (Å²) in [6.45, 7) is 10.0. The molecule has 0 spiro atoms. The number of hydrogen-bond acceptors (Lipinski definition) is 4. The van der Waals surface area contributed by atoms with Crippen molar-refractivity contribution in [1.82, 2.24) is 14.5 Å². The predicted molar refractivity (Wildman–Crippen MR) is 129 cm³/mol. The minimum atomic E-state index is -3.31. The first-order chi connectivity index (χ1) is 15.4. The molecule has 1 aliphatic heterocycles. The Morgan fingerprint density at radius 1 is 0.879 bits per heavy atom. The number of sulfonamides is 1. The topological polar surface area (TPSA) is 86.8 Å². The zero-order chi connectivity index (χ0) is 24.1. The minimum Gasteiger partial charge on any atom is -0.335 e. The molecule has 0 aromatic heterocycles. The van der Waals surface area contributed by atoms with Crippen molar-refractivity contribution < 1.29 is 18.0 Å². The highest BCUT2D eigenvalue weighted by molar-refractivity contribution is 7.90. The van der Waals surface area contributed by atoms with Gasteiger partial charge >= 0.3 is 0 Å². The van der Waals surface area contributed by atoms with Gasteiger partial charge in [-0.15, -0.1) is 0 Å². The van der Waals surface area contributed by atoms with Gasteiger partial charge in [0.15, 0.2) is 0 Å². The molecule has 0 aromatic rings. The van der Waals surface area contributed by atoms with Gasteiger partial charge in [-0.05, 0) is 97.3 Å². The van der Waals surface area contributed by atoms with Crippen molar-refractivity contribution in [3.05, 3.63) is 0 Å². The molecule has 2 amide bonds. The Balaban J connectivity index is 1.43. The maximum Gasteiger partial charge on any atom is 0.226 e. The quantitative estimate of drug-likeness (QED) is 0.668. The van der Waals surface area contributed by atoms with Gasteiger partial charge in [-0.1, -0.05) is 0 Å². The Bertz CT molecular complexity index is 855. The first-order valence-electron chi connectivity index (χ1n) is 13.0. The van der Waals surface area contributed by atoms with Gasteiger partial charge in [-0.3, -0.25) is 9.59 Å². The highest BCUT2D eigenvalue weighted by atomic mass is 32.2. The number of carbonyl (C=O) groups is 2. The van der Waals surface area contributed by atoms with E-state index in [0.29, 0.717) is 37.1 Å². The van der Waals surface area contributed by atoms with Crippen LogP contribution in [0.5, 0.6) is 0 Å². The Labute approximate surface area is 200 Å². The molecule has 0 aromatic carbocycles. The van der Waals surface area contributed by atoms with Crippen LogP contribution in [-0.2, 0) is 19.6 Å². The predicted octanol–water partition coefficient (Wildman–Crippen LogP) is 3.29. The van der Waals surface area contributed by atoms with E-state index in [1.165, 1.54) is 0 Å². The van der Waals surface area contributed by atoms with Crippen molar-refractivity contribution in [2.45, 2.75) is 121 Å². The summed E-state index contributed by atoms with van der Waals surface area (Å²) in [6, 6.07) is 0.304. The molecule has 0 bridgehead atoms. The molecule has 1 heterocycles. The Morgan fingerprint density at radius 2 is 1.48 bits per heavy atom. The summed E-state index contributed by atoms with van der Waals surface area (Å²) >= 11 is 0. The number of fused-ring (bicyclic) bond motifs is 1. The Kier molecular flexibility index (Phi) is 6.91. The molecule has 3 aliphatic carbocycles. The summed E-state index contributed by atoms with van der Waals surface area (Å²) in [4.78, 5) is 29.8. The molecule has 1 saturated heterocycles. The lowest BCUT2D eigenvalue weighted by molar-refractivity contribution is -0.155. The van der Waals surface area contributed by atoms with Crippen LogP contribution in [-0.4, -0.2) is 65.5 Å². The van der Waals surface area contributed by atoms with Gasteiger partial charge in [-0.2, -0.15) is 0 Å². The Hall–Kier alpha value is -1.15.